The standard InChI is InChI=1S/C23H21N3O6S/c1-4-31-18-11-15(7-10-17(18)32-22(29)16-8-5-14(2)6-9-16)13-24-26-23-25-21(28)19(33-23)12-20(27)30-3/h5-13H,4H2,1-3H3,(H,25,26,28)/b19-12+,24-13?. The number of carbonyl (C=O) groups is 3. The van der Waals surface area contributed by atoms with Crippen LogP contribution in [-0.4, -0.2) is 42.9 Å². The van der Waals surface area contributed by atoms with Crippen LogP contribution < -0.4 is 14.8 Å². The lowest BCUT2D eigenvalue weighted by Gasteiger charge is -2.11. The Morgan fingerprint density at radius 2 is 1.88 bits per heavy atom. The number of nitrogens with one attached hydrogen (secondary N) is 1. The smallest absolute Gasteiger partial charge is 0.343 e. The first kappa shape index (κ1) is 23.7. The van der Waals surface area contributed by atoms with Crippen LogP contribution in [0.4, 0.5) is 0 Å². The largest absolute Gasteiger partial charge is 0.490 e. The molecule has 1 N–H and O–H groups in total. The van der Waals surface area contributed by atoms with E-state index in [-0.39, 0.29) is 15.8 Å². The third-order valence-corrected chi connectivity index (χ3v) is 5.11. The molecule has 0 saturated carbocycles. The number of amidine groups is 1. The number of rotatable bonds is 7. The second kappa shape index (κ2) is 11.1. The second-order valence-electron chi connectivity index (χ2n) is 6.63. The molecule has 0 spiro atoms. The quantitative estimate of drug-likeness (QED) is 0.219. The molecule has 10 heteroatoms. The summed E-state index contributed by atoms with van der Waals surface area (Å²) in [5.74, 6) is -0.932. The van der Waals surface area contributed by atoms with Crippen LogP contribution in [0.5, 0.6) is 11.5 Å². The number of thioether (sulfide) groups is 1. The van der Waals surface area contributed by atoms with Gasteiger partial charge in [-0.2, -0.15) is 5.10 Å². The van der Waals surface area contributed by atoms with Crippen molar-refractivity contribution in [1.82, 2.24) is 5.32 Å². The Hall–Kier alpha value is -3.92. The lowest BCUT2D eigenvalue weighted by Crippen LogP contribution is -2.19. The Labute approximate surface area is 194 Å². The van der Waals surface area contributed by atoms with Gasteiger partial charge in [-0.25, -0.2) is 9.59 Å². The van der Waals surface area contributed by atoms with E-state index in [0.717, 1.165) is 23.4 Å². The maximum Gasteiger partial charge on any atom is 0.343 e. The number of hydrogen-bond acceptors (Lipinski definition) is 9. The highest BCUT2D eigenvalue weighted by molar-refractivity contribution is 8.18. The van der Waals surface area contributed by atoms with Crippen LogP contribution in [0.25, 0.3) is 0 Å². The van der Waals surface area contributed by atoms with Gasteiger partial charge in [0.1, 0.15) is 0 Å². The molecule has 0 aromatic heterocycles. The fraction of sp³-hybridized carbons (Fsp3) is 0.174. The zero-order valence-electron chi connectivity index (χ0n) is 18.2. The molecule has 170 valence electrons. The van der Waals surface area contributed by atoms with Crippen molar-refractivity contribution >= 4 is 41.0 Å². The van der Waals surface area contributed by atoms with Gasteiger partial charge in [-0.3, -0.25) is 10.1 Å². The molecule has 1 aliphatic heterocycles. The van der Waals surface area contributed by atoms with Crippen LogP contribution >= 0.6 is 11.8 Å². The monoisotopic (exact) mass is 467 g/mol. The predicted molar refractivity (Wildman–Crippen MR) is 125 cm³/mol. The number of esters is 2. The first-order valence-corrected chi connectivity index (χ1v) is 10.7. The van der Waals surface area contributed by atoms with Crippen molar-refractivity contribution in [2.24, 2.45) is 10.2 Å². The van der Waals surface area contributed by atoms with E-state index < -0.39 is 17.8 Å². The Morgan fingerprint density at radius 3 is 2.58 bits per heavy atom. The maximum atomic E-state index is 12.4. The number of aryl methyl sites for hydroxylation is 1. The molecule has 3 rings (SSSR count). The summed E-state index contributed by atoms with van der Waals surface area (Å²) < 4.78 is 15.6. The third kappa shape index (κ3) is 6.53. The number of ether oxygens (including phenoxy) is 3. The molecule has 1 fully saturated rings. The van der Waals surface area contributed by atoms with Gasteiger partial charge < -0.3 is 14.2 Å². The number of methoxy groups -OCH3 is 1. The van der Waals surface area contributed by atoms with Gasteiger partial charge in [-0.15, -0.1) is 5.10 Å². The highest BCUT2D eigenvalue weighted by Gasteiger charge is 2.25. The molecule has 1 heterocycles. The first-order chi connectivity index (χ1) is 15.9. The summed E-state index contributed by atoms with van der Waals surface area (Å²) in [4.78, 5) is 35.7. The fourth-order valence-electron chi connectivity index (χ4n) is 2.60. The Morgan fingerprint density at radius 1 is 1.12 bits per heavy atom. The summed E-state index contributed by atoms with van der Waals surface area (Å²) >= 11 is 0.971. The van der Waals surface area contributed by atoms with Crippen molar-refractivity contribution in [3.8, 4) is 11.5 Å². The van der Waals surface area contributed by atoms with Crippen molar-refractivity contribution in [2.75, 3.05) is 13.7 Å². The van der Waals surface area contributed by atoms with Crippen LogP contribution in [-0.2, 0) is 14.3 Å². The fourth-order valence-corrected chi connectivity index (χ4v) is 3.33. The molecule has 0 radical (unpaired) electrons. The molecule has 1 amide bonds. The molecule has 2 aromatic carbocycles. The molecule has 0 unspecified atom stereocenters. The average Bonchev–Trinajstić information content (AvgIpc) is 3.14. The summed E-state index contributed by atoms with van der Waals surface area (Å²) in [7, 11) is 1.22. The molecule has 2 aromatic rings. The van der Waals surface area contributed by atoms with Crippen molar-refractivity contribution in [3.63, 3.8) is 0 Å². The number of nitrogens with zero attached hydrogens (tertiary/aromatic N) is 2. The van der Waals surface area contributed by atoms with Gasteiger partial charge in [0.25, 0.3) is 5.91 Å². The van der Waals surface area contributed by atoms with E-state index in [1.54, 1.807) is 30.3 Å². The molecule has 0 aliphatic carbocycles. The SMILES string of the molecule is CCOc1cc(C=N/N=C2/NC(=O)/C(=C\C(=O)OC)S2)ccc1OC(=O)c1ccc(C)cc1. The number of amides is 1. The van der Waals surface area contributed by atoms with Gasteiger partial charge in [-0.1, -0.05) is 17.7 Å². The van der Waals surface area contributed by atoms with E-state index in [2.05, 4.69) is 20.3 Å². The topological polar surface area (TPSA) is 116 Å². The highest BCUT2D eigenvalue weighted by Crippen LogP contribution is 2.29. The molecule has 9 nitrogen and oxygen atoms in total. The van der Waals surface area contributed by atoms with E-state index in [4.69, 9.17) is 9.47 Å². The number of hydrogen-bond donors (Lipinski definition) is 1. The van der Waals surface area contributed by atoms with E-state index in [1.165, 1.54) is 13.3 Å². The van der Waals surface area contributed by atoms with E-state index in [9.17, 15) is 14.4 Å². The van der Waals surface area contributed by atoms with Crippen molar-refractivity contribution in [1.29, 1.82) is 0 Å². The molecule has 0 atom stereocenters. The van der Waals surface area contributed by atoms with E-state index in [1.807, 2.05) is 26.0 Å². The Balaban J connectivity index is 1.71. The van der Waals surface area contributed by atoms with Crippen LogP contribution in [0.3, 0.4) is 0 Å². The lowest BCUT2D eigenvalue weighted by molar-refractivity contribution is -0.135. The van der Waals surface area contributed by atoms with Crippen molar-refractivity contribution < 1.29 is 28.6 Å². The highest BCUT2D eigenvalue weighted by atomic mass is 32.2. The van der Waals surface area contributed by atoms with E-state index >= 15 is 0 Å². The third-order valence-electron chi connectivity index (χ3n) is 4.21. The number of carbonyl (C=O) groups excluding carboxylic acids is 3. The van der Waals surface area contributed by atoms with Crippen LogP contribution in [0.2, 0.25) is 0 Å². The van der Waals surface area contributed by atoms with Gasteiger partial charge in [0, 0.05) is 6.08 Å². The first-order valence-electron chi connectivity index (χ1n) is 9.85. The molecular weight excluding hydrogens is 446 g/mol. The molecule has 0 bridgehead atoms. The minimum atomic E-state index is -0.635. The summed E-state index contributed by atoms with van der Waals surface area (Å²) in [6.45, 7) is 4.12. The van der Waals surface area contributed by atoms with Gasteiger partial charge >= 0.3 is 11.9 Å². The van der Waals surface area contributed by atoms with Crippen LogP contribution in [0.1, 0.15) is 28.4 Å². The normalized spacial score (nSPS) is 15.7. The van der Waals surface area contributed by atoms with Crippen molar-refractivity contribution in [2.45, 2.75) is 13.8 Å². The van der Waals surface area contributed by atoms with Gasteiger partial charge in [0.15, 0.2) is 16.7 Å². The van der Waals surface area contributed by atoms with Crippen molar-refractivity contribution in [3.05, 3.63) is 70.1 Å². The van der Waals surface area contributed by atoms with Gasteiger partial charge in [-0.05, 0) is 61.5 Å². The zero-order chi connectivity index (χ0) is 23.8. The average molecular weight is 468 g/mol. The second-order valence-corrected chi connectivity index (χ2v) is 7.66. The molecule has 1 saturated heterocycles. The summed E-state index contributed by atoms with van der Waals surface area (Å²) in [6, 6.07) is 12.0. The van der Waals surface area contributed by atoms with Gasteiger partial charge in [0.2, 0.25) is 0 Å². The predicted octanol–water partition coefficient (Wildman–Crippen LogP) is 3.22. The lowest BCUT2D eigenvalue weighted by atomic mass is 10.1. The molecule has 33 heavy (non-hydrogen) atoms. The van der Waals surface area contributed by atoms with E-state index in [0.29, 0.717) is 23.5 Å². The summed E-state index contributed by atoms with van der Waals surface area (Å²) in [5, 5.41) is 10.6. The Kier molecular flexibility index (Phi) is 7.98. The summed E-state index contributed by atoms with van der Waals surface area (Å²) in [6.07, 6.45) is 2.53. The minimum absolute atomic E-state index is 0.161. The number of benzene rings is 2. The molecule has 1 aliphatic rings. The van der Waals surface area contributed by atoms with Crippen LogP contribution in [0.15, 0.2) is 63.6 Å². The maximum absolute atomic E-state index is 12.4. The Bertz CT molecular complexity index is 1160. The zero-order valence-corrected chi connectivity index (χ0v) is 19.0. The van der Waals surface area contributed by atoms with Crippen LogP contribution in [0, 0.1) is 6.92 Å². The molecular formula is C23H21N3O6S. The minimum Gasteiger partial charge on any atom is -0.490 e. The van der Waals surface area contributed by atoms with Gasteiger partial charge in [0.05, 0.1) is 30.4 Å². The summed E-state index contributed by atoms with van der Waals surface area (Å²) in [5.41, 5.74) is 2.11.